The lowest BCUT2D eigenvalue weighted by Crippen LogP contribution is -2.31. The Labute approximate surface area is 145 Å². The molecule has 0 radical (unpaired) electrons. The van der Waals surface area contributed by atoms with Crippen molar-refractivity contribution in [3.8, 4) is 0 Å². The van der Waals surface area contributed by atoms with Crippen molar-refractivity contribution in [2.24, 2.45) is 5.73 Å². The number of hydrogen-bond acceptors (Lipinski definition) is 7. The summed E-state index contributed by atoms with van der Waals surface area (Å²) in [5.41, 5.74) is 6.64. The third-order valence-corrected chi connectivity index (χ3v) is 3.92. The first kappa shape index (κ1) is 17.0. The van der Waals surface area contributed by atoms with Crippen LogP contribution in [0.2, 0.25) is 0 Å². The molecule has 1 aromatic heterocycles. The van der Waals surface area contributed by atoms with Crippen molar-refractivity contribution in [1.82, 2.24) is 25.5 Å². The molecule has 3 rings (SSSR count). The van der Waals surface area contributed by atoms with E-state index in [1.807, 2.05) is 18.2 Å². The molecule has 1 heterocycles. The summed E-state index contributed by atoms with van der Waals surface area (Å²) in [6.07, 6.45) is 0. The van der Waals surface area contributed by atoms with Crippen molar-refractivity contribution in [1.29, 1.82) is 0 Å². The fourth-order valence-corrected chi connectivity index (χ4v) is 2.69. The van der Waals surface area contributed by atoms with Gasteiger partial charge in [0.15, 0.2) is 5.82 Å². The Hall–Kier alpha value is -2.84. The fraction of sp³-hybridized carbons (Fsp3) is 0.294. The minimum Gasteiger partial charge on any atom is -0.468 e. The maximum atomic E-state index is 11.6. The van der Waals surface area contributed by atoms with E-state index in [1.165, 1.54) is 11.8 Å². The van der Waals surface area contributed by atoms with E-state index in [0.717, 1.165) is 16.3 Å². The maximum Gasteiger partial charge on any atom is 0.327 e. The minimum atomic E-state index is -0.412. The molecule has 0 amide bonds. The van der Waals surface area contributed by atoms with Crippen molar-refractivity contribution < 1.29 is 9.53 Å². The summed E-state index contributed by atoms with van der Waals surface area (Å²) < 4.78 is 6.15. The van der Waals surface area contributed by atoms with Crippen LogP contribution in [0.3, 0.4) is 0 Å². The minimum absolute atomic E-state index is 0.0484. The second kappa shape index (κ2) is 7.82. The number of nitrogens with one attached hydrogen (secondary N) is 1. The molecule has 0 aliphatic heterocycles. The number of ether oxygens (including phenoxy) is 1. The van der Waals surface area contributed by atoms with Crippen LogP contribution in [0.25, 0.3) is 10.8 Å². The van der Waals surface area contributed by atoms with Crippen LogP contribution in [0.5, 0.6) is 0 Å². The van der Waals surface area contributed by atoms with E-state index in [9.17, 15) is 4.79 Å². The van der Waals surface area contributed by atoms with Gasteiger partial charge in [0.1, 0.15) is 6.54 Å². The molecule has 0 spiro atoms. The molecular formula is C17H20N6O2. The van der Waals surface area contributed by atoms with Crippen LogP contribution in [0.4, 0.5) is 0 Å². The molecule has 130 valence electrons. The summed E-state index contributed by atoms with van der Waals surface area (Å²) in [4.78, 5) is 11.6. The maximum absolute atomic E-state index is 11.6. The average molecular weight is 340 g/mol. The molecule has 0 aliphatic rings. The zero-order valence-electron chi connectivity index (χ0n) is 13.9. The quantitative estimate of drug-likeness (QED) is 0.608. The first-order valence-electron chi connectivity index (χ1n) is 7.98. The molecule has 0 bridgehead atoms. The van der Waals surface area contributed by atoms with Gasteiger partial charge in [0.25, 0.3) is 0 Å². The molecule has 1 atom stereocenters. The van der Waals surface area contributed by atoms with E-state index in [4.69, 9.17) is 10.5 Å². The van der Waals surface area contributed by atoms with Gasteiger partial charge in [0.05, 0.1) is 13.2 Å². The first-order valence-corrected chi connectivity index (χ1v) is 7.98. The Morgan fingerprint density at radius 1 is 1.28 bits per heavy atom. The molecular weight excluding hydrogens is 320 g/mol. The number of nitrogens with zero attached hydrogens (tertiary/aromatic N) is 4. The van der Waals surface area contributed by atoms with E-state index >= 15 is 0 Å². The number of rotatable bonds is 7. The Bertz CT molecular complexity index is 863. The van der Waals surface area contributed by atoms with E-state index in [0.29, 0.717) is 18.9 Å². The number of nitrogens with two attached hydrogens (primary N) is 1. The molecule has 8 heteroatoms. The van der Waals surface area contributed by atoms with Gasteiger partial charge in [-0.2, -0.15) is 0 Å². The molecule has 3 N–H and O–H groups in total. The highest BCUT2D eigenvalue weighted by Crippen LogP contribution is 2.24. The molecule has 0 saturated heterocycles. The summed E-state index contributed by atoms with van der Waals surface area (Å²) in [6.45, 7) is 1.01. The van der Waals surface area contributed by atoms with Gasteiger partial charge >= 0.3 is 5.97 Å². The summed E-state index contributed by atoms with van der Waals surface area (Å²) >= 11 is 0. The largest absolute Gasteiger partial charge is 0.468 e. The highest BCUT2D eigenvalue weighted by atomic mass is 16.5. The van der Waals surface area contributed by atoms with Gasteiger partial charge in [-0.3, -0.25) is 4.79 Å². The fourth-order valence-electron chi connectivity index (χ4n) is 2.69. The number of esters is 1. The topological polar surface area (TPSA) is 108 Å². The number of fused-ring (bicyclic) bond motifs is 1. The summed E-state index contributed by atoms with van der Waals surface area (Å²) in [5.74, 6) is 0.124. The SMILES string of the molecule is COC(=O)Cn1nnnc1C(NCCN)c1ccc2ccccc2c1. The van der Waals surface area contributed by atoms with E-state index in [2.05, 4.69) is 45.1 Å². The summed E-state index contributed by atoms with van der Waals surface area (Å²) in [7, 11) is 1.33. The number of hydrogen-bond donors (Lipinski definition) is 2. The summed E-state index contributed by atoms with van der Waals surface area (Å²) in [6, 6.07) is 14.0. The monoisotopic (exact) mass is 340 g/mol. The van der Waals surface area contributed by atoms with Crippen LogP contribution in [0, 0.1) is 0 Å². The van der Waals surface area contributed by atoms with Crippen LogP contribution in [-0.4, -0.2) is 46.4 Å². The molecule has 8 nitrogen and oxygen atoms in total. The third-order valence-electron chi connectivity index (χ3n) is 3.92. The number of aromatic nitrogens is 4. The Morgan fingerprint density at radius 3 is 2.84 bits per heavy atom. The third kappa shape index (κ3) is 3.81. The molecule has 1 unspecified atom stereocenters. The predicted octanol–water partition coefficient (Wildman–Crippen LogP) is 0.637. The Balaban J connectivity index is 1.99. The van der Waals surface area contributed by atoms with E-state index in [-0.39, 0.29) is 12.6 Å². The summed E-state index contributed by atoms with van der Waals surface area (Å²) in [5, 5.41) is 17.3. The standard InChI is InChI=1S/C17H20N6O2/c1-25-15(24)11-23-17(20-21-22-23)16(19-9-8-18)14-7-6-12-4-2-3-5-13(12)10-14/h2-7,10,16,19H,8-9,11,18H2,1H3. The molecule has 0 fully saturated rings. The molecule has 2 aromatic carbocycles. The average Bonchev–Trinajstić information content (AvgIpc) is 3.09. The lowest BCUT2D eigenvalue weighted by atomic mass is 10.0. The predicted molar refractivity (Wildman–Crippen MR) is 92.7 cm³/mol. The van der Waals surface area contributed by atoms with Crippen LogP contribution >= 0.6 is 0 Å². The number of carbonyl (C=O) groups is 1. The van der Waals surface area contributed by atoms with Gasteiger partial charge in [-0.05, 0) is 32.8 Å². The number of tetrazole rings is 1. The van der Waals surface area contributed by atoms with Crippen molar-refractivity contribution in [3.05, 3.63) is 53.9 Å². The molecule has 0 aliphatic carbocycles. The lowest BCUT2D eigenvalue weighted by Gasteiger charge is -2.18. The molecule has 3 aromatic rings. The van der Waals surface area contributed by atoms with E-state index < -0.39 is 5.97 Å². The van der Waals surface area contributed by atoms with Crippen molar-refractivity contribution in [2.75, 3.05) is 20.2 Å². The molecule has 25 heavy (non-hydrogen) atoms. The smallest absolute Gasteiger partial charge is 0.327 e. The zero-order chi connectivity index (χ0) is 17.6. The highest BCUT2D eigenvalue weighted by Gasteiger charge is 2.22. The van der Waals surface area contributed by atoms with Crippen LogP contribution < -0.4 is 11.1 Å². The van der Waals surface area contributed by atoms with Gasteiger partial charge in [-0.1, -0.05) is 36.4 Å². The van der Waals surface area contributed by atoms with Crippen molar-refractivity contribution >= 4 is 16.7 Å². The van der Waals surface area contributed by atoms with Crippen LogP contribution in [-0.2, 0) is 16.1 Å². The second-order valence-corrected chi connectivity index (χ2v) is 5.55. The van der Waals surface area contributed by atoms with Crippen LogP contribution in [0.1, 0.15) is 17.4 Å². The normalized spacial score (nSPS) is 12.2. The van der Waals surface area contributed by atoms with E-state index in [1.54, 1.807) is 0 Å². The van der Waals surface area contributed by atoms with Gasteiger partial charge in [0.2, 0.25) is 0 Å². The van der Waals surface area contributed by atoms with Crippen molar-refractivity contribution in [2.45, 2.75) is 12.6 Å². The number of methoxy groups -OCH3 is 1. The van der Waals surface area contributed by atoms with Crippen LogP contribution in [0.15, 0.2) is 42.5 Å². The van der Waals surface area contributed by atoms with Gasteiger partial charge in [-0.15, -0.1) is 5.10 Å². The number of carbonyl (C=O) groups excluding carboxylic acids is 1. The lowest BCUT2D eigenvalue weighted by molar-refractivity contribution is -0.141. The van der Waals surface area contributed by atoms with Gasteiger partial charge < -0.3 is 15.8 Å². The highest BCUT2D eigenvalue weighted by molar-refractivity contribution is 5.83. The molecule has 0 saturated carbocycles. The first-order chi connectivity index (χ1) is 12.2. The number of benzene rings is 2. The van der Waals surface area contributed by atoms with Gasteiger partial charge in [-0.25, -0.2) is 4.68 Å². The van der Waals surface area contributed by atoms with Gasteiger partial charge in [0, 0.05) is 13.1 Å². The second-order valence-electron chi connectivity index (χ2n) is 5.55. The van der Waals surface area contributed by atoms with Crippen molar-refractivity contribution in [3.63, 3.8) is 0 Å². The zero-order valence-corrected chi connectivity index (χ0v) is 13.9. The Morgan fingerprint density at radius 2 is 2.08 bits per heavy atom. The Kier molecular flexibility index (Phi) is 5.32.